The minimum Gasteiger partial charge on any atom is -0.481 e. The number of carbonyl (C=O) groups is 1. The zero-order valence-corrected chi connectivity index (χ0v) is 9.56. The van der Waals surface area contributed by atoms with Gasteiger partial charge in [-0.1, -0.05) is 6.92 Å². The van der Waals surface area contributed by atoms with Crippen molar-refractivity contribution in [1.82, 2.24) is 4.98 Å². The van der Waals surface area contributed by atoms with Gasteiger partial charge in [-0.25, -0.2) is 4.39 Å². The molecule has 0 unspecified atom stereocenters. The van der Waals surface area contributed by atoms with Crippen LogP contribution in [0.4, 0.5) is 4.39 Å². The van der Waals surface area contributed by atoms with Gasteiger partial charge >= 0.3 is 5.97 Å². The predicted octanol–water partition coefficient (Wildman–Crippen LogP) is 2.44. The van der Waals surface area contributed by atoms with Crippen LogP contribution in [0.2, 0.25) is 0 Å². The third-order valence-electron chi connectivity index (χ3n) is 2.77. The maximum Gasteiger partial charge on any atom is 0.307 e. The van der Waals surface area contributed by atoms with Crippen molar-refractivity contribution in [2.24, 2.45) is 5.92 Å². The van der Waals surface area contributed by atoms with Crippen LogP contribution < -0.4 is 0 Å². The van der Waals surface area contributed by atoms with Gasteiger partial charge in [-0.15, -0.1) is 12.3 Å². The number of aromatic nitrogens is 1. The monoisotopic (exact) mass is 235 g/mol. The smallest absolute Gasteiger partial charge is 0.307 e. The summed E-state index contributed by atoms with van der Waals surface area (Å²) in [6.45, 7) is 1.74. The highest BCUT2D eigenvalue weighted by molar-refractivity contribution is 5.71. The SMILES string of the molecule is C#CCC[C@@H](C(=O)O)[C@H](C)c1cncc(F)c1. The van der Waals surface area contributed by atoms with E-state index >= 15 is 0 Å². The molecule has 0 aromatic carbocycles. The predicted molar refractivity (Wildman–Crippen MR) is 61.8 cm³/mol. The van der Waals surface area contributed by atoms with Gasteiger partial charge in [-0.2, -0.15) is 0 Å². The van der Waals surface area contributed by atoms with E-state index in [1.807, 2.05) is 0 Å². The van der Waals surface area contributed by atoms with Gasteiger partial charge < -0.3 is 5.11 Å². The van der Waals surface area contributed by atoms with Crippen LogP contribution in [0, 0.1) is 24.1 Å². The van der Waals surface area contributed by atoms with Gasteiger partial charge in [-0.3, -0.25) is 9.78 Å². The molecular weight excluding hydrogens is 221 g/mol. The lowest BCUT2D eigenvalue weighted by atomic mass is 9.85. The Bertz CT molecular complexity index is 439. The van der Waals surface area contributed by atoms with Gasteiger partial charge in [-0.05, 0) is 24.0 Å². The van der Waals surface area contributed by atoms with E-state index in [2.05, 4.69) is 10.9 Å². The highest BCUT2D eigenvalue weighted by Gasteiger charge is 2.25. The van der Waals surface area contributed by atoms with Gasteiger partial charge in [0.25, 0.3) is 0 Å². The number of carboxylic acids is 1. The summed E-state index contributed by atoms with van der Waals surface area (Å²) in [5.74, 6) is 0.104. The summed E-state index contributed by atoms with van der Waals surface area (Å²) in [4.78, 5) is 14.8. The zero-order valence-electron chi connectivity index (χ0n) is 9.56. The second-order valence-corrected chi connectivity index (χ2v) is 3.91. The molecule has 3 nitrogen and oxygen atoms in total. The Morgan fingerprint density at radius 3 is 2.88 bits per heavy atom. The molecule has 0 saturated carbocycles. The molecule has 0 radical (unpaired) electrons. The molecule has 0 bridgehead atoms. The third-order valence-corrected chi connectivity index (χ3v) is 2.77. The molecular formula is C13H14FNO2. The average molecular weight is 235 g/mol. The van der Waals surface area contributed by atoms with E-state index in [-0.39, 0.29) is 5.92 Å². The molecule has 0 fully saturated rings. The summed E-state index contributed by atoms with van der Waals surface area (Å²) in [6, 6.07) is 1.31. The summed E-state index contributed by atoms with van der Waals surface area (Å²) < 4.78 is 13.0. The van der Waals surface area contributed by atoms with Crippen molar-refractivity contribution >= 4 is 5.97 Å². The molecule has 1 rings (SSSR count). The fraction of sp³-hybridized carbons (Fsp3) is 0.385. The van der Waals surface area contributed by atoms with Gasteiger partial charge in [0.2, 0.25) is 0 Å². The number of hydrogen-bond acceptors (Lipinski definition) is 2. The second-order valence-electron chi connectivity index (χ2n) is 3.91. The van der Waals surface area contributed by atoms with Crippen LogP contribution in [-0.4, -0.2) is 16.1 Å². The number of pyridine rings is 1. The highest BCUT2D eigenvalue weighted by atomic mass is 19.1. The number of nitrogens with zero attached hydrogens (tertiary/aromatic N) is 1. The number of carboxylic acid groups (broad SMARTS) is 1. The van der Waals surface area contributed by atoms with Crippen molar-refractivity contribution in [3.63, 3.8) is 0 Å². The average Bonchev–Trinajstić information content (AvgIpc) is 2.29. The summed E-state index contributed by atoms with van der Waals surface area (Å²) in [7, 11) is 0. The standard InChI is InChI=1S/C13H14FNO2/c1-3-4-5-12(13(16)17)9(2)10-6-11(14)8-15-7-10/h1,6-9,12H,4-5H2,2H3,(H,16,17)/t9-,12-/m1/s1. The van der Waals surface area contributed by atoms with E-state index in [1.54, 1.807) is 6.92 Å². The van der Waals surface area contributed by atoms with Crippen molar-refractivity contribution in [3.05, 3.63) is 29.8 Å². The van der Waals surface area contributed by atoms with Gasteiger partial charge in [0.05, 0.1) is 12.1 Å². The van der Waals surface area contributed by atoms with Crippen LogP contribution >= 0.6 is 0 Å². The Morgan fingerprint density at radius 1 is 1.65 bits per heavy atom. The fourth-order valence-corrected chi connectivity index (χ4v) is 1.74. The van der Waals surface area contributed by atoms with E-state index in [0.29, 0.717) is 18.4 Å². The number of terminal acetylenes is 1. The van der Waals surface area contributed by atoms with E-state index in [9.17, 15) is 9.18 Å². The third kappa shape index (κ3) is 3.56. The molecule has 0 saturated heterocycles. The fourth-order valence-electron chi connectivity index (χ4n) is 1.74. The van der Waals surface area contributed by atoms with E-state index in [1.165, 1.54) is 12.3 Å². The topological polar surface area (TPSA) is 50.2 Å². The van der Waals surface area contributed by atoms with Crippen LogP contribution in [-0.2, 0) is 4.79 Å². The van der Waals surface area contributed by atoms with Gasteiger partial charge in [0.15, 0.2) is 0 Å². The number of aliphatic carboxylic acids is 1. The first-order chi connectivity index (χ1) is 8.06. The van der Waals surface area contributed by atoms with Gasteiger partial charge in [0, 0.05) is 12.6 Å². The molecule has 1 aromatic rings. The van der Waals surface area contributed by atoms with E-state index in [4.69, 9.17) is 11.5 Å². The molecule has 0 aliphatic carbocycles. The van der Waals surface area contributed by atoms with Crippen molar-refractivity contribution < 1.29 is 14.3 Å². The molecule has 1 N–H and O–H groups in total. The van der Waals surface area contributed by atoms with Crippen molar-refractivity contribution in [2.45, 2.75) is 25.7 Å². The Labute approximate surface area is 99.7 Å². The lowest BCUT2D eigenvalue weighted by molar-refractivity contribution is -0.142. The van der Waals surface area contributed by atoms with Crippen LogP contribution in [0.3, 0.4) is 0 Å². The number of hydrogen-bond donors (Lipinski definition) is 1. The van der Waals surface area contributed by atoms with E-state index < -0.39 is 17.7 Å². The Balaban J connectivity index is 2.88. The quantitative estimate of drug-likeness (QED) is 0.797. The number of halogens is 1. The molecule has 1 heterocycles. The van der Waals surface area contributed by atoms with Crippen LogP contribution in [0.5, 0.6) is 0 Å². The van der Waals surface area contributed by atoms with Gasteiger partial charge in [0.1, 0.15) is 5.82 Å². The zero-order chi connectivity index (χ0) is 12.8. The Morgan fingerprint density at radius 2 is 2.35 bits per heavy atom. The van der Waals surface area contributed by atoms with Crippen LogP contribution in [0.1, 0.15) is 31.2 Å². The molecule has 90 valence electrons. The molecule has 0 amide bonds. The molecule has 1 aromatic heterocycles. The van der Waals surface area contributed by atoms with Crippen LogP contribution in [0.25, 0.3) is 0 Å². The summed E-state index contributed by atoms with van der Waals surface area (Å²) in [5, 5.41) is 9.12. The Hall–Kier alpha value is -1.89. The van der Waals surface area contributed by atoms with Crippen molar-refractivity contribution in [1.29, 1.82) is 0 Å². The summed E-state index contributed by atoms with van der Waals surface area (Å²) in [5.41, 5.74) is 0.578. The Kier molecular flexibility index (Phi) is 4.65. The molecule has 0 spiro atoms. The highest BCUT2D eigenvalue weighted by Crippen LogP contribution is 2.27. The maximum atomic E-state index is 13.0. The normalized spacial score (nSPS) is 13.7. The molecule has 0 aliphatic heterocycles. The number of rotatable bonds is 5. The first-order valence-electron chi connectivity index (χ1n) is 5.33. The first-order valence-corrected chi connectivity index (χ1v) is 5.33. The molecule has 4 heteroatoms. The van der Waals surface area contributed by atoms with Crippen LogP contribution in [0.15, 0.2) is 18.5 Å². The van der Waals surface area contributed by atoms with Crippen molar-refractivity contribution in [3.8, 4) is 12.3 Å². The maximum absolute atomic E-state index is 13.0. The molecule has 17 heavy (non-hydrogen) atoms. The lowest BCUT2D eigenvalue weighted by Gasteiger charge is -2.19. The second kappa shape index (κ2) is 6.00. The molecule has 2 atom stereocenters. The molecule has 0 aliphatic rings. The minimum absolute atomic E-state index is 0.316. The lowest BCUT2D eigenvalue weighted by Crippen LogP contribution is -2.20. The van der Waals surface area contributed by atoms with Crippen molar-refractivity contribution in [2.75, 3.05) is 0 Å². The largest absolute Gasteiger partial charge is 0.481 e. The summed E-state index contributed by atoms with van der Waals surface area (Å²) in [6.07, 6.45) is 8.47. The van der Waals surface area contributed by atoms with E-state index in [0.717, 1.165) is 6.20 Å². The first kappa shape index (κ1) is 13.2. The minimum atomic E-state index is -0.919. The summed E-state index contributed by atoms with van der Waals surface area (Å²) >= 11 is 0.